The molecule has 0 amide bonds. The number of aliphatic imine (C=N–C) groups is 1. The van der Waals surface area contributed by atoms with Crippen molar-refractivity contribution in [2.24, 2.45) is 10.9 Å². The minimum absolute atomic E-state index is 0.0714. The van der Waals surface area contributed by atoms with Gasteiger partial charge in [0.15, 0.2) is 15.8 Å². The molecule has 1 aromatic carbocycles. The summed E-state index contributed by atoms with van der Waals surface area (Å²) in [6, 6.07) is 7.93. The third-order valence-electron chi connectivity index (χ3n) is 4.49. The van der Waals surface area contributed by atoms with Gasteiger partial charge in [0, 0.05) is 18.7 Å². The molecular weight excluding hydrogens is 362 g/mol. The van der Waals surface area contributed by atoms with Crippen molar-refractivity contribution in [1.29, 1.82) is 0 Å². The smallest absolute Gasteiger partial charge is 0.191 e. The summed E-state index contributed by atoms with van der Waals surface area (Å²) in [4.78, 5) is 4.59. The van der Waals surface area contributed by atoms with Gasteiger partial charge < -0.3 is 15.4 Å². The molecule has 0 spiro atoms. The predicted molar refractivity (Wildman–Crippen MR) is 111 cm³/mol. The van der Waals surface area contributed by atoms with E-state index in [2.05, 4.69) is 15.6 Å². The number of sulfone groups is 1. The van der Waals surface area contributed by atoms with E-state index in [-0.39, 0.29) is 5.75 Å². The van der Waals surface area contributed by atoms with Crippen LogP contribution in [0.4, 0.5) is 0 Å². The molecule has 0 unspecified atom stereocenters. The van der Waals surface area contributed by atoms with Crippen molar-refractivity contribution in [3.63, 3.8) is 0 Å². The lowest BCUT2D eigenvalue weighted by Crippen LogP contribution is -2.41. The standard InChI is InChI=1S/C20H33N3O3S/c1-5-21-19(22-12-13-27(24,25)20(2,3)4)23-14-17-8-6-7-9-18(17)26-15-16-10-11-16/h6-9,16H,5,10-15H2,1-4H3,(H2,21,22,23). The number of ether oxygens (including phenoxy) is 1. The van der Waals surface area contributed by atoms with Crippen molar-refractivity contribution in [3.8, 4) is 5.75 Å². The number of hydrogen-bond donors (Lipinski definition) is 2. The Kier molecular flexibility index (Phi) is 7.53. The second-order valence-corrected chi connectivity index (χ2v) is 10.8. The summed E-state index contributed by atoms with van der Waals surface area (Å²) in [5.74, 6) is 2.25. The minimum atomic E-state index is -3.16. The Morgan fingerprint density at radius 3 is 2.56 bits per heavy atom. The molecule has 0 heterocycles. The van der Waals surface area contributed by atoms with Crippen LogP contribution in [-0.2, 0) is 16.4 Å². The van der Waals surface area contributed by atoms with Crippen LogP contribution in [0.1, 0.15) is 46.1 Å². The van der Waals surface area contributed by atoms with E-state index in [4.69, 9.17) is 4.74 Å². The molecule has 2 N–H and O–H groups in total. The lowest BCUT2D eigenvalue weighted by atomic mass is 10.2. The average molecular weight is 396 g/mol. The zero-order valence-electron chi connectivity index (χ0n) is 16.9. The van der Waals surface area contributed by atoms with Crippen molar-refractivity contribution in [2.75, 3.05) is 25.4 Å². The van der Waals surface area contributed by atoms with Gasteiger partial charge in [-0.2, -0.15) is 0 Å². The summed E-state index contributed by atoms with van der Waals surface area (Å²) in [5, 5.41) is 6.28. The van der Waals surface area contributed by atoms with Crippen LogP contribution < -0.4 is 15.4 Å². The molecule has 7 heteroatoms. The Hall–Kier alpha value is -1.76. The monoisotopic (exact) mass is 395 g/mol. The van der Waals surface area contributed by atoms with E-state index >= 15 is 0 Å². The van der Waals surface area contributed by atoms with Gasteiger partial charge in [-0.25, -0.2) is 13.4 Å². The van der Waals surface area contributed by atoms with E-state index in [9.17, 15) is 8.42 Å². The fraction of sp³-hybridized carbons (Fsp3) is 0.650. The minimum Gasteiger partial charge on any atom is -0.493 e. The van der Waals surface area contributed by atoms with E-state index in [0.29, 0.717) is 31.5 Å². The third-order valence-corrected chi connectivity index (χ3v) is 7.10. The van der Waals surface area contributed by atoms with Crippen LogP contribution in [0, 0.1) is 5.92 Å². The van der Waals surface area contributed by atoms with Crippen molar-refractivity contribution in [3.05, 3.63) is 29.8 Å². The predicted octanol–water partition coefficient (Wildman–Crippen LogP) is 2.74. The van der Waals surface area contributed by atoms with Crippen molar-refractivity contribution in [1.82, 2.24) is 10.6 Å². The van der Waals surface area contributed by atoms with E-state index < -0.39 is 14.6 Å². The van der Waals surface area contributed by atoms with E-state index in [1.165, 1.54) is 12.8 Å². The molecule has 0 saturated heterocycles. The van der Waals surface area contributed by atoms with Crippen molar-refractivity contribution >= 4 is 15.8 Å². The maximum Gasteiger partial charge on any atom is 0.191 e. The summed E-state index contributed by atoms with van der Waals surface area (Å²) >= 11 is 0. The molecule has 1 fully saturated rings. The van der Waals surface area contributed by atoms with E-state index in [0.717, 1.165) is 17.9 Å². The second-order valence-electron chi connectivity index (χ2n) is 7.92. The highest BCUT2D eigenvalue weighted by atomic mass is 32.2. The molecule has 27 heavy (non-hydrogen) atoms. The van der Waals surface area contributed by atoms with Gasteiger partial charge in [-0.15, -0.1) is 0 Å². The zero-order valence-corrected chi connectivity index (χ0v) is 17.7. The number of para-hydroxylation sites is 1. The highest BCUT2D eigenvalue weighted by Crippen LogP contribution is 2.30. The summed E-state index contributed by atoms with van der Waals surface area (Å²) in [5.41, 5.74) is 1.03. The maximum absolute atomic E-state index is 12.2. The van der Waals surface area contributed by atoms with Gasteiger partial charge >= 0.3 is 0 Å². The van der Waals surface area contributed by atoms with Gasteiger partial charge in [0.25, 0.3) is 0 Å². The number of hydrogen-bond acceptors (Lipinski definition) is 4. The summed E-state index contributed by atoms with van der Waals surface area (Å²) < 4.78 is 29.6. The molecule has 0 radical (unpaired) electrons. The molecule has 1 aliphatic rings. The summed E-state index contributed by atoms with van der Waals surface area (Å²) in [6.45, 7) is 9.42. The van der Waals surface area contributed by atoms with Crippen LogP contribution in [0.5, 0.6) is 5.75 Å². The average Bonchev–Trinajstić information content (AvgIpc) is 3.42. The SMILES string of the molecule is CCNC(=NCc1ccccc1OCC1CC1)NCCS(=O)(=O)C(C)(C)C. The maximum atomic E-state index is 12.2. The van der Waals surface area contributed by atoms with Crippen LogP contribution in [0.15, 0.2) is 29.3 Å². The first kappa shape index (κ1) is 21.5. The topological polar surface area (TPSA) is 79.8 Å². The quantitative estimate of drug-likeness (QED) is 0.496. The van der Waals surface area contributed by atoms with Crippen LogP contribution in [0.3, 0.4) is 0 Å². The van der Waals surface area contributed by atoms with Crippen molar-refractivity contribution in [2.45, 2.75) is 51.8 Å². The molecule has 2 rings (SSSR count). The van der Waals surface area contributed by atoms with Crippen LogP contribution >= 0.6 is 0 Å². The molecule has 0 bridgehead atoms. The Morgan fingerprint density at radius 2 is 1.93 bits per heavy atom. The molecule has 0 aromatic heterocycles. The number of rotatable bonds is 9. The Labute approximate surface area is 163 Å². The highest BCUT2D eigenvalue weighted by Gasteiger charge is 2.28. The molecule has 152 valence electrons. The fourth-order valence-corrected chi connectivity index (χ4v) is 3.37. The van der Waals surface area contributed by atoms with Gasteiger partial charge in [0.05, 0.1) is 23.7 Å². The highest BCUT2D eigenvalue weighted by molar-refractivity contribution is 7.92. The molecule has 1 aromatic rings. The van der Waals surface area contributed by atoms with Crippen LogP contribution in [-0.4, -0.2) is 44.6 Å². The van der Waals surface area contributed by atoms with E-state index in [1.54, 1.807) is 20.8 Å². The van der Waals surface area contributed by atoms with Gasteiger partial charge in [0.2, 0.25) is 0 Å². The van der Waals surface area contributed by atoms with Gasteiger partial charge in [0.1, 0.15) is 5.75 Å². The molecule has 6 nitrogen and oxygen atoms in total. The normalized spacial score (nSPS) is 15.5. The number of benzene rings is 1. The molecule has 0 atom stereocenters. The molecule has 1 saturated carbocycles. The van der Waals surface area contributed by atoms with Crippen molar-refractivity contribution < 1.29 is 13.2 Å². The van der Waals surface area contributed by atoms with Gasteiger partial charge in [-0.3, -0.25) is 0 Å². The Balaban J connectivity index is 1.94. The Bertz CT molecular complexity index is 735. The third kappa shape index (κ3) is 7.05. The lowest BCUT2D eigenvalue weighted by molar-refractivity contribution is 0.297. The number of guanidine groups is 1. The number of nitrogens with zero attached hydrogens (tertiary/aromatic N) is 1. The fourth-order valence-electron chi connectivity index (χ4n) is 2.38. The second kappa shape index (κ2) is 9.44. The summed E-state index contributed by atoms with van der Waals surface area (Å²) in [6.07, 6.45) is 2.51. The van der Waals surface area contributed by atoms with Gasteiger partial charge in [-0.1, -0.05) is 18.2 Å². The van der Waals surface area contributed by atoms with Crippen LogP contribution in [0.25, 0.3) is 0 Å². The molecular formula is C20H33N3O3S. The summed E-state index contributed by atoms with van der Waals surface area (Å²) in [7, 11) is -3.16. The zero-order chi connectivity index (χ0) is 19.9. The lowest BCUT2D eigenvalue weighted by Gasteiger charge is -2.20. The van der Waals surface area contributed by atoms with E-state index in [1.807, 2.05) is 31.2 Å². The first-order chi connectivity index (χ1) is 12.7. The number of nitrogens with one attached hydrogen (secondary N) is 2. The van der Waals surface area contributed by atoms with Crippen LogP contribution in [0.2, 0.25) is 0 Å². The Morgan fingerprint density at radius 1 is 1.22 bits per heavy atom. The largest absolute Gasteiger partial charge is 0.493 e. The first-order valence-corrected chi connectivity index (χ1v) is 11.3. The first-order valence-electron chi connectivity index (χ1n) is 9.68. The molecule has 0 aliphatic heterocycles. The van der Waals surface area contributed by atoms with Gasteiger partial charge in [-0.05, 0) is 52.5 Å². The molecule has 1 aliphatic carbocycles.